The van der Waals surface area contributed by atoms with E-state index in [0.717, 1.165) is 21.9 Å². The van der Waals surface area contributed by atoms with Crippen molar-refractivity contribution >= 4 is 33.4 Å². The molecule has 0 atom stereocenters. The van der Waals surface area contributed by atoms with Crippen LogP contribution in [0.5, 0.6) is 0 Å². The van der Waals surface area contributed by atoms with Crippen LogP contribution in [0.15, 0.2) is 24.3 Å². The number of carbonyl (C=O) groups is 1. The molecule has 0 aromatic heterocycles. The Balaban J connectivity index is 2.64. The zero-order valence-corrected chi connectivity index (χ0v) is 12.8. The highest BCUT2D eigenvalue weighted by Gasteiger charge is 2.15. The van der Waals surface area contributed by atoms with E-state index in [-0.39, 0.29) is 12.5 Å². The number of anilines is 1. The third-order valence-corrected chi connectivity index (χ3v) is 4.34. The zero-order chi connectivity index (χ0) is 14.5. The van der Waals surface area contributed by atoms with Gasteiger partial charge in [-0.15, -0.1) is 0 Å². The normalized spacial score (nSPS) is 11.6. The second-order valence-corrected chi connectivity index (χ2v) is 7.16. The molecule has 1 amide bonds. The van der Waals surface area contributed by atoms with Crippen LogP contribution >= 0.6 is 11.8 Å². The maximum absolute atomic E-state index is 11.7. The van der Waals surface area contributed by atoms with Gasteiger partial charge in [0.15, 0.2) is 0 Å². The first-order chi connectivity index (χ1) is 8.82. The summed E-state index contributed by atoms with van der Waals surface area (Å²) in [5.41, 5.74) is 1.79. The van der Waals surface area contributed by atoms with Gasteiger partial charge in [-0.2, -0.15) is 16.1 Å². The van der Waals surface area contributed by atoms with Crippen LogP contribution < -0.4 is 5.32 Å². The molecule has 1 N–H and O–H groups in total. The van der Waals surface area contributed by atoms with Gasteiger partial charge in [-0.25, -0.2) is 8.42 Å². The van der Waals surface area contributed by atoms with E-state index in [9.17, 15) is 13.2 Å². The van der Waals surface area contributed by atoms with E-state index < -0.39 is 10.0 Å². The molecule has 0 radical (unpaired) electrons. The van der Waals surface area contributed by atoms with E-state index >= 15 is 0 Å². The number of carbonyl (C=O) groups excluding carboxylic acids is 1. The van der Waals surface area contributed by atoms with Crippen LogP contribution in [0.1, 0.15) is 5.56 Å². The number of amides is 1. The summed E-state index contributed by atoms with van der Waals surface area (Å²) in [4.78, 5) is 11.7. The number of sulfonamides is 1. The Kier molecular flexibility index (Phi) is 5.84. The van der Waals surface area contributed by atoms with E-state index in [1.165, 1.54) is 7.05 Å². The lowest BCUT2D eigenvalue weighted by molar-refractivity contribution is -0.116. The molecule has 1 rings (SSSR count). The SMILES string of the molecule is CSCc1cccc(NC(=O)CN(C)S(C)(=O)=O)c1. The Morgan fingerprint density at radius 1 is 1.42 bits per heavy atom. The van der Waals surface area contributed by atoms with Gasteiger partial charge >= 0.3 is 0 Å². The van der Waals surface area contributed by atoms with Gasteiger partial charge < -0.3 is 5.32 Å². The number of hydrogen-bond acceptors (Lipinski definition) is 4. The molecule has 0 aliphatic heterocycles. The number of benzene rings is 1. The predicted molar refractivity (Wildman–Crippen MR) is 79.8 cm³/mol. The Labute approximate surface area is 118 Å². The summed E-state index contributed by atoms with van der Waals surface area (Å²) in [6.45, 7) is -0.189. The Hall–Kier alpha value is -1.05. The minimum Gasteiger partial charge on any atom is -0.325 e. The van der Waals surface area contributed by atoms with Gasteiger partial charge in [0, 0.05) is 18.5 Å². The molecule has 0 aliphatic rings. The van der Waals surface area contributed by atoms with Crippen molar-refractivity contribution in [1.29, 1.82) is 0 Å². The smallest absolute Gasteiger partial charge is 0.239 e. The maximum atomic E-state index is 11.7. The molecule has 1 aromatic rings. The fourth-order valence-electron chi connectivity index (χ4n) is 1.43. The van der Waals surface area contributed by atoms with E-state index in [1.54, 1.807) is 17.8 Å². The number of hydrogen-bond donors (Lipinski definition) is 1. The number of likely N-dealkylation sites (N-methyl/N-ethyl adjacent to an activating group) is 1. The van der Waals surface area contributed by atoms with Gasteiger partial charge in [-0.05, 0) is 24.0 Å². The van der Waals surface area contributed by atoms with Crippen molar-refractivity contribution in [2.75, 3.05) is 31.4 Å². The first-order valence-corrected chi connectivity index (χ1v) is 8.86. The Morgan fingerprint density at radius 3 is 2.68 bits per heavy atom. The minimum atomic E-state index is -3.34. The molecule has 19 heavy (non-hydrogen) atoms. The predicted octanol–water partition coefficient (Wildman–Crippen LogP) is 1.38. The molecule has 0 heterocycles. The summed E-state index contributed by atoms with van der Waals surface area (Å²) in [7, 11) is -1.96. The van der Waals surface area contributed by atoms with Crippen molar-refractivity contribution in [3.8, 4) is 0 Å². The van der Waals surface area contributed by atoms with Crippen LogP contribution in [0.25, 0.3) is 0 Å². The number of thioether (sulfide) groups is 1. The zero-order valence-electron chi connectivity index (χ0n) is 11.2. The minimum absolute atomic E-state index is 0.189. The molecule has 0 saturated heterocycles. The highest BCUT2D eigenvalue weighted by atomic mass is 32.2. The third kappa shape index (κ3) is 5.63. The van der Waals surface area contributed by atoms with Gasteiger partial charge in [0.2, 0.25) is 15.9 Å². The largest absolute Gasteiger partial charge is 0.325 e. The van der Waals surface area contributed by atoms with E-state index in [2.05, 4.69) is 5.32 Å². The lowest BCUT2D eigenvalue weighted by Gasteiger charge is -2.14. The van der Waals surface area contributed by atoms with E-state index in [1.807, 2.05) is 24.5 Å². The summed E-state index contributed by atoms with van der Waals surface area (Å²) in [5, 5.41) is 2.69. The lowest BCUT2D eigenvalue weighted by Crippen LogP contribution is -2.34. The number of nitrogens with zero attached hydrogens (tertiary/aromatic N) is 1. The molecule has 7 heteroatoms. The summed E-state index contributed by atoms with van der Waals surface area (Å²) in [6, 6.07) is 7.51. The van der Waals surface area contributed by atoms with Crippen molar-refractivity contribution in [3.05, 3.63) is 29.8 Å². The van der Waals surface area contributed by atoms with Crippen molar-refractivity contribution in [2.45, 2.75) is 5.75 Å². The lowest BCUT2D eigenvalue weighted by atomic mass is 10.2. The van der Waals surface area contributed by atoms with Crippen LogP contribution in [0.4, 0.5) is 5.69 Å². The van der Waals surface area contributed by atoms with Gasteiger partial charge in [-0.3, -0.25) is 4.79 Å². The van der Waals surface area contributed by atoms with Crippen LogP contribution in [-0.4, -0.2) is 44.7 Å². The van der Waals surface area contributed by atoms with Crippen molar-refractivity contribution in [3.63, 3.8) is 0 Å². The van der Waals surface area contributed by atoms with Gasteiger partial charge in [0.1, 0.15) is 0 Å². The van der Waals surface area contributed by atoms with Crippen LogP contribution in [0, 0.1) is 0 Å². The third-order valence-electron chi connectivity index (χ3n) is 2.45. The first kappa shape index (κ1) is 16.0. The highest BCUT2D eigenvalue weighted by molar-refractivity contribution is 7.97. The molecule has 0 unspecified atom stereocenters. The molecular formula is C12H18N2O3S2. The summed E-state index contributed by atoms with van der Waals surface area (Å²) < 4.78 is 23.4. The standard InChI is InChI=1S/C12H18N2O3S2/c1-14(19(3,16)17)8-12(15)13-11-6-4-5-10(7-11)9-18-2/h4-7H,8-9H2,1-3H3,(H,13,15). The highest BCUT2D eigenvalue weighted by Crippen LogP contribution is 2.14. The quantitative estimate of drug-likeness (QED) is 0.862. The van der Waals surface area contributed by atoms with Crippen LogP contribution in [0.2, 0.25) is 0 Å². The van der Waals surface area contributed by atoms with E-state index in [4.69, 9.17) is 0 Å². The fraction of sp³-hybridized carbons (Fsp3) is 0.417. The Morgan fingerprint density at radius 2 is 2.11 bits per heavy atom. The average Bonchev–Trinajstić information content (AvgIpc) is 2.28. The summed E-state index contributed by atoms with van der Waals surface area (Å²) >= 11 is 1.70. The van der Waals surface area contributed by atoms with Gasteiger partial charge in [0.25, 0.3) is 0 Å². The van der Waals surface area contributed by atoms with Gasteiger partial charge in [-0.1, -0.05) is 12.1 Å². The molecule has 1 aromatic carbocycles. The van der Waals surface area contributed by atoms with Crippen molar-refractivity contribution in [2.24, 2.45) is 0 Å². The molecule has 0 spiro atoms. The molecule has 0 bridgehead atoms. The van der Waals surface area contributed by atoms with Crippen molar-refractivity contribution in [1.82, 2.24) is 4.31 Å². The molecule has 0 fully saturated rings. The molecule has 106 valence electrons. The first-order valence-electron chi connectivity index (χ1n) is 5.62. The second-order valence-electron chi connectivity index (χ2n) is 4.20. The Bertz CT molecular complexity index is 544. The molecular weight excluding hydrogens is 284 g/mol. The van der Waals surface area contributed by atoms with E-state index in [0.29, 0.717) is 5.69 Å². The fourth-order valence-corrected chi connectivity index (χ4v) is 2.29. The molecule has 5 nitrogen and oxygen atoms in total. The van der Waals surface area contributed by atoms with Gasteiger partial charge in [0.05, 0.1) is 12.8 Å². The molecule has 0 aliphatic carbocycles. The van der Waals surface area contributed by atoms with Crippen LogP contribution in [0.3, 0.4) is 0 Å². The van der Waals surface area contributed by atoms with Crippen molar-refractivity contribution < 1.29 is 13.2 Å². The monoisotopic (exact) mass is 302 g/mol. The second kappa shape index (κ2) is 6.93. The molecule has 0 saturated carbocycles. The summed E-state index contributed by atoms with van der Waals surface area (Å²) in [5.74, 6) is 0.515. The number of rotatable bonds is 6. The summed E-state index contributed by atoms with van der Waals surface area (Å²) in [6.07, 6.45) is 3.08. The topological polar surface area (TPSA) is 66.5 Å². The average molecular weight is 302 g/mol. The number of nitrogens with one attached hydrogen (secondary N) is 1. The maximum Gasteiger partial charge on any atom is 0.239 e. The van der Waals surface area contributed by atoms with Crippen LogP contribution in [-0.2, 0) is 20.6 Å².